The van der Waals surface area contributed by atoms with Gasteiger partial charge in [0.25, 0.3) is 0 Å². The zero-order valence-corrected chi connectivity index (χ0v) is 19.6. The topological polar surface area (TPSA) is 62.1 Å². The van der Waals surface area contributed by atoms with Crippen LogP contribution in [-0.2, 0) is 17.6 Å². The van der Waals surface area contributed by atoms with E-state index in [0.29, 0.717) is 41.8 Å². The van der Waals surface area contributed by atoms with Gasteiger partial charge in [0.2, 0.25) is 5.91 Å². The maximum atomic E-state index is 12.4. The van der Waals surface area contributed by atoms with Crippen molar-refractivity contribution >= 4 is 38.2 Å². The van der Waals surface area contributed by atoms with Gasteiger partial charge in [-0.1, -0.05) is 26.8 Å². The quantitative estimate of drug-likeness (QED) is 0.470. The van der Waals surface area contributed by atoms with E-state index in [9.17, 15) is 10.1 Å². The molecule has 1 aliphatic carbocycles. The molecule has 6 heteroatoms. The molecule has 0 saturated heterocycles. The van der Waals surface area contributed by atoms with Crippen LogP contribution in [0.5, 0.6) is 5.75 Å². The maximum absolute atomic E-state index is 12.4. The molecular formula is C23H27BrN2O2S. The summed E-state index contributed by atoms with van der Waals surface area (Å²) in [6.07, 6.45) is 4.03. The first-order valence-corrected chi connectivity index (χ1v) is 11.8. The summed E-state index contributed by atoms with van der Waals surface area (Å²) >= 11 is 5.12. The van der Waals surface area contributed by atoms with Gasteiger partial charge in [-0.2, -0.15) is 5.26 Å². The fourth-order valence-electron chi connectivity index (χ4n) is 3.55. The van der Waals surface area contributed by atoms with Gasteiger partial charge in [0.15, 0.2) is 0 Å². The standard InChI is InChI=1S/C23H27BrN2O2S/c1-14(2)16-7-9-20(19(24)12-16)28-10-4-5-22(27)26-23-18(13-25)17-8-6-15(3)11-21(17)29-23/h7,9,12,14-15H,4-6,8,10-11H2,1-3H3,(H,26,27). The van der Waals surface area contributed by atoms with E-state index in [1.165, 1.54) is 10.4 Å². The fraction of sp³-hybridized carbons (Fsp3) is 0.478. The molecule has 1 heterocycles. The van der Waals surface area contributed by atoms with Gasteiger partial charge in [-0.15, -0.1) is 11.3 Å². The number of fused-ring (bicyclic) bond motifs is 1. The molecule has 0 radical (unpaired) electrons. The van der Waals surface area contributed by atoms with E-state index in [4.69, 9.17) is 4.74 Å². The van der Waals surface area contributed by atoms with Crippen molar-refractivity contribution in [2.45, 2.75) is 58.8 Å². The van der Waals surface area contributed by atoms with E-state index in [1.54, 1.807) is 11.3 Å². The Bertz CT molecular complexity index is 930. The van der Waals surface area contributed by atoms with Crippen molar-refractivity contribution in [1.29, 1.82) is 5.26 Å². The Balaban J connectivity index is 1.51. The zero-order valence-electron chi connectivity index (χ0n) is 17.2. The minimum Gasteiger partial charge on any atom is -0.492 e. The largest absolute Gasteiger partial charge is 0.492 e. The number of halogens is 1. The SMILES string of the molecule is CC1CCc2c(sc(NC(=O)CCCOc3ccc(C(C)C)cc3Br)c2C#N)C1. The molecule has 1 amide bonds. The monoisotopic (exact) mass is 474 g/mol. The third kappa shape index (κ3) is 5.40. The lowest BCUT2D eigenvalue weighted by atomic mass is 9.89. The number of carbonyl (C=O) groups is 1. The van der Waals surface area contributed by atoms with Crippen molar-refractivity contribution in [2.75, 3.05) is 11.9 Å². The second-order valence-corrected chi connectivity index (χ2v) is 9.97. The summed E-state index contributed by atoms with van der Waals surface area (Å²) in [4.78, 5) is 13.6. The number of thiophene rings is 1. The van der Waals surface area contributed by atoms with Crippen LogP contribution in [-0.4, -0.2) is 12.5 Å². The number of carbonyl (C=O) groups excluding carboxylic acids is 1. The third-order valence-corrected chi connectivity index (χ3v) is 7.09. The molecule has 0 aliphatic heterocycles. The Hall–Kier alpha value is -1.84. The van der Waals surface area contributed by atoms with Crippen molar-refractivity contribution < 1.29 is 9.53 Å². The number of hydrogen-bond donors (Lipinski definition) is 1. The molecule has 0 spiro atoms. The highest BCUT2D eigenvalue weighted by molar-refractivity contribution is 9.10. The van der Waals surface area contributed by atoms with E-state index in [-0.39, 0.29) is 5.91 Å². The van der Waals surface area contributed by atoms with Gasteiger partial charge in [0.1, 0.15) is 16.8 Å². The Morgan fingerprint density at radius 3 is 2.93 bits per heavy atom. The van der Waals surface area contributed by atoms with Crippen LogP contribution in [0.1, 0.15) is 67.5 Å². The number of ether oxygens (including phenoxy) is 1. The molecule has 1 unspecified atom stereocenters. The van der Waals surface area contributed by atoms with Crippen LogP contribution in [0.3, 0.4) is 0 Å². The van der Waals surface area contributed by atoms with E-state index < -0.39 is 0 Å². The van der Waals surface area contributed by atoms with Gasteiger partial charge < -0.3 is 10.1 Å². The molecular weight excluding hydrogens is 448 g/mol. The van der Waals surface area contributed by atoms with Crippen LogP contribution >= 0.6 is 27.3 Å². The first-order valence-electron chi connectivity index (χ1n) is 10.2. The number of nitrogens with zero attached hydrogens (tertiary/aromatic N) is 1. The second-order valence-electron chi connectivity index (χ2n) is 8.01. The molecule has 1 aliphatic rings. The van der Waals surface area contributed by atoms with Gasteiger partial charge in [-0.25, -0.2) is 0 Å². The number of amides is 1. The smallest absolute Gasteiger partial charge is 0.225 e. The van der Waals surface area contributed by atoms with Gasteiger partial charge in [0.05, 0.1) is 16.6 Å². The Kier molecular flexibility index (Phi) is 7.37. The molecule has 2 aromatic rings. The maximum Gasteiger partial charge on any atom is 0.225 e. The predicted octanol–water partition coefficient (Wildman–Crippen LogP) is 6.43. The molecule has 0 bridgehead atoms. The molecule has 1 N–H and O–H groups in total. The lowest BCUT2D eigenvalue weighted by Gasteiger charge is -2.17. The van der Waals surface area contributed by atoms with Crippen LogP contribution in [0, 0.1) is 17.2 Å². The molecule has 3 rings (SSSR count). The average Bonchev–Trinajstić information content (AvgIpc) is 3.01. The van der Waals surface area contributed by atoms with Crippen molar-refractivity contribution in [2.24, 2.45) is 5.92 Å². The zero-order chi connectivity index (χ0) is 21.0. The minimum absolute atomic E-state index is 0.0639. The highest BCUT2D eigenvalue weighted by Gasteiger charge is 2.24. The summed E-state index contributed by atoms with van der Waals surface area (Å²) in [5, 5.41) is 13.2. The molecule has 1 aromatic heterocycles. The van der Waals surface area contributed by atoms with Crippen molar-refractivity contribution in [1.82, 2.24) is 0 Å². The average molecular weight is 475 g/mol. The van der Waals surface area contributed by atoms with Crippen LogP contribution in [0.15, 0.2) is 22.7 Å². The van der Waals surface area contributed by atoms with E-state index in [1.807, 2.05) is 6.07 Å². The Morgan fingerprint density at radius 2 is 2.24 bits per heavy atom. The van der Waals surface area contributed by atoms with Crippen LogP contribution < -0.4 is 10.1 Å². The van der Waals surface area contributed by atoms with E-state index in [2.05, 4.69) is 60.2 Å². The van der Waals surface area contributed by atoms with E-state index in [0.717, 1.165) is 35.0 Å². The molecule has 1 aromatic carbocycles. The molecule has 0 fully saturated rings. The first-order chi connectivity index (χ1) is 13.9. The number of rotatable bonds is 7. The van der Waals surface area contributed by atoms with Crippen LogP contribution in [0.2, 0.25) is 0 Å². The van der Waals surface area contributed by atoms with Gasteiger partial charge in [-0.3, -0.25) is 4.79 Å². The van der Waals surface area contributed by atoms with Crippen molar-refractivity contribution in [3.05, 3.63) is 44.2 Å². The molecule has 0 saturated carbocycles. The lowest BCUT2D eigenvalue weighted by Crippen LogP contribution is -2.13. The minimum atomic E-state index is -0.0639. The molecule has 1 atom stereocenters. The number of anilines is 1. The highest BCUT2D eigenvalue weighted by Crippen LogP contribution is 2.39. The summed E-state index contributed by atoms with van der Waals surface area (Å²) in [5.74, 6) is 1.84. The van der Waals surface area contributed by atoms with Crippen LogP contribution in [0.4, 0.5) is 5.00 Å². The summed E-state index contributed by atoms with van der Waals surface area (Å²) in [7, 11) is 0. The summed E-state index contributed by atoms with van der Waals surface area (Å²) in [5.41, 5.74) is 3.06. The van der Waals surface area contributed by atoms with Gasteiger partial charge in [-0.05, 0) is 76.7 Å². The van der Waals surface area contributed by atoms with Crippen molar-refractivity contribution in [3.63, 3.8) is 0 Å². The normalized spacial score (nSPS) is 15.7. The van der Waals surface area contributed by atoms with Gasteiger partial charge >= 0.3 is 0 Å². The second kappa shape index (κ2) is 9.77. The summed E-state index contributed by atoms with van der Waals surface area (Å²) in [6, 6.07) is 8.41. The number of hydrogen-bond acceptors (Lipinski definition) is 4. The molecule has 154 valence electrons. The third-order valence-electron chi connectivity index (χ3n) is 5.30. The number of nitriles is 1. The summed E-state index contributed by atoms with van der Waals surface area (Å²) in [6.45, 7) is 7.02. The van der Waals surface area contributed by atoms with Crippen LogP contribution in [0.25, 0.3) is 0 Å². The summed E-state index contributed by atoms with van der Waals surface area (Å²) < 4.78 is 6.75. The molecule has 4 nitrogen and oxygen atoms in total. The number of nitrogens with one attached hydrogen (secondary N) is 1. The molecule has 29 heavy (non-hydrogen) atoms. The highest BCUT2D eigenvalue weighted by atomic mass is 79.9. The first kappa shape index (κ1) is 21.9. The Labute approximate surface area is 185 Å². The van der Waals surface area contributed by atoms with Gasteiger partial charge in [0, 0.05) is 11.3 Å². The predicted molar refractivity (Wildman–Crippen MR) is 122 cm³/mol. The Morgan fingerprint density at radius 1 is 1.45 bits per heavy atom. The van der Waals surface area contributed by atoms with E-state index >= 15 is 0 Å². The number of benzene rings is 1. The lowest BCUT2D eigenvalue weighted by molar-refractivity contribution is -0.116. The fourth-order valence-corrected chi connectivity index (χ4v) is 5.44. The van der Waals surface area contributed by atoms with Crippen molar-refractivity contribution in [3.8, 4) is 11.8 Å².